The molecule has 2 N–H and O–H groups in total. The Balaban J connectivity index is 2.21. The van der Waals surface area contributed by atoms with E-state index < -0.39 is 11.9 Å². The van der Waals surface area contributed by atoms with Gasteiger partial charge in [-0.05, 0) is 20.8 Å². The third-order valence-electron chi connectivity index (χ3n) is 3.40. The molecule has 118 valence electrons. The first-order chi connectivity index (χ1) is 10.3. The van der Waals surface area contributed by atoms with Gasteiger partial charge in [0.15, 0.2) is 5.69 Å². The first-order valence-electron chi connectivity index (χ1n) is 6.95. The number of nitrogens with zero attached hydrogens (tertiary/aromatic N) is 4. The summed E-state index contributed by atoms with van der Waals surface area (Å²) in [5.41, 5.74) is 1.52. The predicted octanol–water partition coefficient (Wildman–Crippen LogP) is 1.13. The highest BCUT2D eigenvalue weighted by Crippen LogP contribution is 2.17. The third kappa shape index (κ3) is 3.00. The normalized spacial score (nSPS) is 12.2. The molecule has 0 aliphatic carbocycles. The molecule has 2 aromatic rings. The van der Waals surface area contributed by atoms with E-state index in [2.05, 4.69) is 15.5 Å². The average molecular weight is 305 g/mol. The molecule has 0 aliphatic rings. The predicted molar refractivity (Wildman–Crippen MR) is 78.7 cm³/mol. The van der Waals surface area contributed by atoms with Crippen molar-refractivity contribution in [2.75, 3.05) is 0 Å². The fourth-order valence-corrected chi connectivity index (χ4v) is 2.29. The molecular formula is C14H19N5O3. The zero-order valence-corrected chi connectivity index (χ0v) is 13.0. The van der Waals surface area contributed by atoms with E-state index >= 15 is 0 Å². The minimum atomic E-state index is -1.23. The zero-order valence-electron chi connectivity index (χ0n) is 13.0. The van der Waals surface area contributed by atoms with Crippen molar-refractivity contribution < 1.29 is 14.7 Å². The molecular weight excluding hydrogens is 286 g/mol. The van der Waals surface area contributed by atoms with E-state index in [-0.39, 0.29) is 17.3 Å². The van der Waals surface area contributed by atoms with Gasteiger partial charge >= 0.3 is 5.97 Å². The number of nitrogens with one attached hydrogen (secondary N) is 1. The highest BCUT2D eigenvalue weighted by molar-refractivity contribution is 6.03. The van der Waals surface area contributed by atoms with Crippen LogP contribution in [0.15, 0.2) is 12.4 Å². The second-order valence-electron chi connectivity index (χ2n) is 5.09. The topological polar surface area (TPSA) is 102 Å². The fourth-order valence-electron chi connectivity index (χ4n) is 2.29. The maximum Gasteiger partial charge on any atom is 0.357 e. The number of aromatic nitrogens is 4. The molecule has 8 heteroatoms. The Morgan fingerprint density at radius 3 is 2.59 bits per heavy atom. The van der Waals surface area contributed by atoms with Crippen molar-refractivity contribution in [2.24, 2.45) is 7.05 Å². The van der Waals surface area contributed by atoms with Crippen LogP contribution in [-0.4, -0.2) is 36.5 Å². The second-order valence-corrected chi connectivity index (χ2v) is 5.09. The molecule has 0 aromatic carbocycles. The summed E-state index contributed by atoms with van der Waals surface area (Å²) in [7, 11) is 1.57. The summed E-state index contributed by atoms with van der Waals surface area (Å²) in [6, 6.07) is -0.283. The highest BCUT2D eigenvalue weighted by Gasteiger charge is 2.23. The molecule has 0 spiro atoms. The molecule has 8 nitrogen and oxygen atoms in total. The lowest BCUT2D eigenvalue weighted by Crippen LogP contribution is -2.28. The number of carbonyl (C=O) groups excluding carboxylic acids is 1. The van der Waals surface area contributed by atoms with Gasteiger partial charge in [-0.1, -0.05) is 0 Å². The van der Waals surface area contributed by atoms with Crippen molar-refractivity contribution in [1.82, 2.24) is 24.9 Å². The maximum atomic E-state index is 12.3. The summed E-state index contributed by atoms with van der Waals surface area (Å²) in [4.78, 5) is 23.4. The number of rotatable bonds is 5. The minimum absolute atomic E-state index is 0.0439. The van der Waals surface area contributed by atoms with Crippen LogP contribution in [0.1, 0.15) is 52.0 Å². The Morgan fingerprint density at radius 2 is 2.05 bits per heavy atom. The van der Waals surface area contributed by atoms with E-state index in [1.807, 2.05) is 27.0 Å². The van der Waals surface area contributed by atoms with Crippen LogP contribution < -0.4 is 5.32 Å². The molecule has 1 amide bonds. The largest absolute Gasteiger partial charge is 0.476 e. The van der Waals surface area contributed by atoms with Crippen LogP contribution in [-0.2, 0) is 13.6 Å². The van der Waals surface area contributed by atoms with Gasteiger partial charge in [0.1, 0.15) is 0 Å². The van der Waals surface area contributed by atoms with Gasteiger partial charge in [-0.15, -0.1) is 0 Å². The van der Waals surface area contributed by atoms with E-state index in [0.29, 0.717) is 0 Å². The molecule has 1 unspecified atom stereocenters. The molecule has 0 aliphatic heterocycles. The van der Waals surface area contributed by atoms with Crippen LogP contribution in [0, 0.1) is 6.92 Å². The summed E-state index contributed by atoms with van der Waals surface area (Å²) in [6.07, 6.45) is 3.27. The van der Waals surface area contributed by atoms with Crippen molar-refractivity contribution in [3.8, 4) is 0 Å². The SMILES string of the molecule is CCn1cc(C(C)NC(=O)c2cn(C)nc2C(=O)O)c(C)n1. The lowest BCUT2D eigenvalue weighted by molar-refractivity contribution is 0.0683. The monoisotopic (exact) mass is 305 g/mol. The van der Waals surface area contributed by atoms with Crippen molar-refractivity contribution >= 4 is 11.9 Å². The fraction of sp³-hybridized carbons (Fsp3) is 0.429. The summed E-state index contributed by atoms with van der Waals surface area (Å²) >= 11 is 0. The smallest absolute Gasteiger partial charge is 0.357 e. The van der Waals surface area contributed by atoms with Crippen molar-refractivity contribution in [3.05, 3.63) is 34.9 Å². The molecule has 0 fully saturated rings. The lowest BCUT2D eigenvalue weighted by atomic mass is 10.1. The molecule has 2 rings (SSSR count). The standard InChI is InChI=1S/C14H19N5O3/c1-5-19-7-10(9(3)16-19)8(2)15-13(20)11-6-18(4)17-12(11)14(21)22/h6-8H,5H2,1-4H3,(H,15,20)(H,21,22). The lowest BCUT2D eigenvalue weighted by Gasteiger charge is -2.12. The van der Waals surface area contributed by atoms with Crippen LogP contribution in [0.25, 0.3) is 0 Å². The molecule has 2 heterocycles. The number of aryl methyl sites for hydroxylation is 3. The average Bonchev–Trinajstić information content (AvgIpc) is 3.01. The molecule has 0 radical (unpaired) electrons. The van der Waals surface area contributed by atoms with Crippen molar-refractivity contribution in [3.63, 3.8) is 0 Å². The number of carboxylic acids is 1. The van der Waals surface area contributed by atoms with Gasteiger partial charge in [-0.2, -0.15) is 10.2 Å². The molecule has 0 saturated heterocycles. The third-order valence-corrected chi connectivity index (χ3v) is 3.40. The number of hydrogen-bond acceptors (Lipinski definition) is 4. The minimum Gasteiger partial charge on any atom is -0.476 e. The summed E-state index contributed by atoms with van der Waals surface area (Å²) in [5.74, 6) is -1.70. The van der Waals surface area contributed by atoms with Crippen LogP contribution in [0.5, 0.6) is 0 Å². The van der Waals surface area contributed by atoms with Crippen LogP contribution >= 0.6 is 0 Å². The Bertz CT molecular complexity index is 716. The van der Waals surface area contributed by atoms with Crippen molar-refractivity contribution in [2.45, 2.75) is 33.4 Å². The van der Waals surface area contributed by atoms with Crippen molar-refractivity contribution in [1.29, 1.82) is 0 Å². The van der Waals surface area contributed by atoms with Gasteiger partial charge in [-0.3, -0.25) is 14.2 Å². The van der Waals surface area contributed by atoms with Crippen LogP contribution in [0.2, 0.25) is 0 Å². The molecule has 22 heavy (non-hydrogen) atoms. The van der Waals surface area contributed by atoms with E-state index in [1.54, 1.807) is 11.7 Å². The van der Waals surface area contributed by atoms with Gasteiger partial charge in [0, 0.05) is 31.5 Å². The van der Waals surface area contributed by atoms with Gasteiger partial charge in [0.2, 0.25) is 0 Å². The van der Waals surface area contributed by atoms with Gasteiger partial charge < -0.3 is 10.4 Å². The van der Waals surface area contributed by atoms with Gasteiger partial charge in [-0.25, -0.2) is 4.79 Å². The molecule has 0 saturated carbocycles. The quantitative estimate of drug-likeness (QED) is 0.862. The molecule has 2 aromatic heterocycles. The summed E-state index contributed by atoms with van der Waals surface area (Å²) in [5, 5.41) is 20.0. The first kappa shape index (κ1) is 15.7. The Morgan fingerprint density at radius 1 is 1.36 bits per heavy atom. The summed E-state index contributed by atoms with van der Waals surface area (Å²) < 4.78 is 3.10. The van der Waals surface area contributed by atoms with Gasteiger partial charge in [0.25, 0.3) is 5.91 Å². The summed E-state index contributed by atoms with van der Waals surface area (Å²) in [6.45, 7) is 6.43. The maximum absolute atomic E-state index is 12.3. The Kier molecular flexibility index (Phi) is 4.30. The van der Waals surface area contributed by atoms with E-state index in [4.69, 9.17) is 5.11 Å². The molecule has 0 bridgehead atoms. The Labute approximate surface area is 127 Å². The number of hydrogen-bond donors (Lipinski definition) is 2. The number of carboxylic acid groups (broad SMARTS) is 1. The van der Waals surface area contributed by atoms with E-state index in [0.717, 1.165) is 17.8 Å². The number of carbonyl (C=O) groups is 2. The van der Waals surface area contributed by atoms with Gasteiger partial charge in [0.05, 0.1) is 17.3 Å². The Hall–Kier alpha value is -2.64. The number of aromatic carboxylic acids is 1. The van der Waals surface area contributed by atoms with Crippen LogP contribution in [0.4, 0.5) is 0 Å². The zero-order chi connectivity index (χ0) is 16.4. The highest BCUT2D eigenvalue weighted by atomic mass is 16.4. The first-order valence-corrected chi connectivity index (χ1v) is 6.95. The van der Waals surface area contributed by atoms with E-state index in [9.17, 15) is 9.59 Å². The van der Waals surface area contributed by atoms with Crippen LogP contribution in [0.3, 0.4) is 0 Å². The van der Waals surface area contributed by atoms with E-state index in [1.165, 1.54) is 10.9 Å². The molecule has 1 atom stereocenters. The second kappa shape index (κ2) is 6.00. The number of amides is 1.